The Bertz CT molecular complexity index is 994. The molecule has 190 valence electrons. The molecule has 0 unspecified atom stereocenters. The minimum absolute atomic E-state index is 0.00994. The van der Waals surface area contributed by atoms with Crippen LogP contribution in [0, 0.1) is 0 Å². The third-order valence-corrected chi connectivity index (χ3v) is 6.46. The summed E-state index contributed by atoms with van der Waals surface area (Å²) in [6.07, 6.45) is -4.56. The first-order valence-corrected chi connectivity index (χ1v) is 11.9. The Labute approximate surface area is 211 Å². The van der Waals surface area contributed by atoms with Gasteiger partial charge in [-0.25, -0.2) is 0 Å². The largest absolute Gasteiger partial charge is 0.457 e. The minimum Gasteiger partial charge on any atom is -0.457 e. The van der Waals surface area contributed by atoms with Crippen molar-refractivity contribution >= 4 is 5.97 Å². The molecule has 0 spiro atoms. The van der Waals surface area contributed by atoms with Crippen molar-refractivity contribution in [1.29, 1.82) is 0 Å². The lowest BCUT2D eigenvalue weighted by Crippen LogP contribution is -2.61. The molecule has 36 heavy (non-hydrogen) atoms. The molecule has 0 bridgehead atoms. The van der Waals surface area contributed by atoms with Crippen LogP contribution in [0.1, 0.15) is 23.6 Å². The highest BCUT2D eigenvalue weighted by molar-refractivity contribution is 5.66. The van der Waals surface area contributed by atoms with E-state index in [4.69, 9.17) is 23.7 Å². The van der Waals surface area contributed by atoms with Crippen LogP contribution in [0.4, 0.5) is 0 Å². The van der Waals surface area contributed by atoms with Gasteiger partial charge in [-0.1, -0.05) is 91.0 Å². The van der Waals surface area contributed by atoms with Gasteiger partial charge >= 0.3 is 5.97 Å². The predicted molar refractivity (Wildman–Crippen MR) is 133 cm³/mol. The summed E-state index contributed by atoms with van der Waals surface area (Å²) in [5, 5.41) is 10.7. The van der Waals surface area contributed by atoms with E-state index in [1.54, 1.807) is 0 Å². The Kier molecular flexibility index (Phi) is 8.51. The summed E-state index contributed by atoms with van der Waals surface area (Å²) in [4.78, 5) is 12.0. The van der Waals surface area contributed by atoms with Crippen LogP contribution in [0.25, 0.3) is 0 Å². The highest BCUT2D eigenvalue weighted by Gasteiger charge is 2.49. The van der Waals surface area contributed by atoms with Gasteiger partial charge in [0.1, 0.15) is 23.9 Å². The normalized spacial score (nSPS) is 24.3. The first-order chi connectivity index (χ1) is 17.5. The average molecular weight is 493 g/mol. The van der Waals surface area contributed by atoms with Gasteiger partial charge in [0.2, 0.25) is 0 Å². The van der Waals surface area contributed by atoms with E-state index < -0.39 is 42.3 Å². The molecule has 3 aromatic rings. The number of benzene rings is 3. The highest BCUT2D eigenvalue weighted by atomic mass is 16.7. The van der Waals surface area contributed by atoms with E-state index >= 15 is 0 Å². The maximum Gasteiger partial charge on any atom is 0.303 e. The lowest BCUT2D eigenvalue weighted by molar-refractivity contribution is -0.302. The quantitative estimate of drug-likeness (QED) is 0.360. The summed E-state index contributed by atoms with van der Waals surface area (Å²) in [6, 6.07) is 29.7. The topological polar surface area (TPSA) is 83.5 Å². The second-order valence-electron chi connectivity index (χ2n) is 8.63. The first kappa shape index (κ1) is 26.0. The Balaban J connectivity index is 1.78. The molecule has 7 heteroatoms. The molecule has 0 amide bonds. The number of esters is 1. The molecule has 1 heterocycles. The van der Waals surface area contributed by atoms with Crippen LogP contribution in [0.15, 0.2) is 91.0 Å². The average Bonchev–Trinajstić information content (AvgIpc) is 2.91. The molecule has 1 fully saturated rings. The third-order valence-electron chi connectivity index (χ3n) is 6.46. The molecular formula is C29H32O7. The predicted octanol–water partition coefficient (Wildman–Crippen LogP) is 3.67. The molecule has 0 aliphatic carbocycles. The highest BCUT2D eigenvalue weighted by Crippen LogP contribution is 2.41. The zero-order valence-corrected chi connectivity index (χ0v) is 20.7. The molecule has 1 N–H and O–H groups in total. The van der Waals surface area contributed by atoms with Gasteiger partial charge in [0.05, 0.1) is 6.61 Å². The molecule has 1 aliphatic rings. The first-order valence-electron chi connectivity index (χ1n) is 11.9. The molecule has 1 aliphatic heterocycles. The second-order valence-corrected chi connectivity index (χ2v) is 8.63. The molecule has 1 saturated heterocycles. The van der Waals surface area contributed by atoms with Gasteiger partial charge in [-0.15, -0.1) is 0 Å². The van der Waals surface area contributed by atoms with Crippen molar-refractivity contribution in [2.45, 2.75) is 43.2 Å². The van der Waals surface area contributed by atoms with Crippen LogP contribution in [0.2, 0.25) is 0 Å². The lowest BCUT2D eigenvalue weighted by atomic mass is 9.80. The minimum atomic E-state index is -1.29. The molecule has 5 atom stereocenters. The number of ether oxygens (including phenoxy) is 5. The van der Waals surface area contributed by atoms with Crippen molar-refractivity contribution in [3.63, 3.8) is 0 Å². The third kappa shape index (κ3) is 5.21. The zero-order chi connectivity index (χ0) is 25.5. The Hall–Kier alpha value is -3.07. The zero-order valence-electron chi connectivity index (χ0n) is 20.7. The van der Waals surface area contributed by atoms with E-state index in [-0.39, 0.29) is 6.61 Å². The fourth-order valence-electron chi connectivity index (χ4n) is 4.86. The lowest BCUT2D eigenvalue weighted by Gasteiger charge is -2.44. The van der Waals surface area contributed by atoms with Gasteiger partial charge in [0.15, 0.2) is 12.4 Å². The maximum atomic E-state index is 12.0. The molecule has 0 saturated carbocycles. The van der Waals surface area contributed by atoms with Gasteiger partial charge < -0.3 is 28.8 Å². The van der Waals surface area contributed by atoms with Gasteiger partial charge in [-0.3, -0.25) is 4.79 Å². The van der Waals surface area contributed by atoms with E-state index in [0.717, 1.165) is 16.7 Å². The maximum absolute atomic E-state index is 12.0. The molecule has 4 rings (SSSR count). The fourth-order valence-corrected chi connectivity index (χ4v) is 4.86. The molecule has 0 radical (unpaired) electrons. The summed E-state index contributed by atoms with van der Waals surface area (Å²) in [5.74, 6) is -0.498. The summed E-state index contributed by atoms with van der Waals surface area (Å²) >= 11 is 0. The number of rotatable bonds is 9. The summed E-state index contributed by atoms with van der Waals surface area (Å²) in [7, 11) is 2.92. The number of hydrogen-bond donors (Lipinski definition) is 1. The summed E-state index contributed by atoms with van der Waals surface area (Å²) < 4.78 is 29.3. The summed E-state index contributed by atoms with van der Waals surface area (Å²) in [6.45, 7) is 1.31. The Morgan fingerprint density at radius 1 is 0.778 bits per heavy atom. The van der Waals surface area contributed by atoms with E-state index in [0.29, 0.717) is 0 Å². The molecule has 0 aromatic heterocycles. The van der Waals surface area contributed by atoms with Crippen LogP contribution in [-0.4, -0.2) is 62.6 Å². The van der Waals surface area contributed by atoms with Crippen molar-refractivity contribution in [2.75, 3.05) is 20.8 Å². The van der Waals surface area contributed by atoms with Crippen molar-refractivity contribution in [3.05, 3.63) is 108 Å². The number of carbonyl (C=O) groups excluding carboxylic acids is 1. The fraction of sp³-hybridized carbons (Fsp3) is 0.345. The van der Waals surface area contributed by atoms with Gasteiger partial charge in [0.25, 0.3) is 0 Å². The van der Waals surface area contributed by atoms with Crippen molar-refractivity contribution < 1.29 is 33.6 Å². The number of hydrogen-bond acceptors (Lipinski definition) is 7. The Morgan fingerprint density at radius 3 is 1.61 bits per heavy atom. The number of carbonyl (C=O) groups is 1. The molecule has 7 nitrogen and oxygen atoms in total. The smallest absolute Gasteiger partial charge is 0.303 e. The van der Waals surface area contributed by atoms with Crippen LogP contribution in [0.5, 0.6) is 0 Å². The van der Waals surface area contributed by atoms with Crippen LogP contribution in [-0.2, 0) is 34.1 Å². The number of methoxy groups -OCH3 is 2. The monoisotopic (exact) mass is 492 g/mol. The molecule has 3 aromatic carbocycles. The van der Waals surface area contributed by atoms with Crippen LogP contribution in [0.3, 0.4) is 0 Å². The van der Waals surface area contributed by atoms with Crippen LogP contribution >= 0.6 is 0 Å². The van der Waals surface area contributed by atoms with Crippen molar-refractivity contribution in [1.82, 2.24) is 0 Å². The molecular weight excluding hydrogens is 460 g/mol. The SMILES string of the molecule is CO[C@H]1[C@@H](OC)[C@@H](O)O[C@@H](COC(c2ccccc2)(c2ccccc2)c2ccccc2)[C@H]1OC(C)=O. The standard InChI is InChI=1S/C29H32O7/c1-20(30)35-25-24(36-28(31)27(33-3)26(25)32-2)19-34-29(21-13-7-4-8-14-21,22-15-9-5-10-16-22)23-17-11-6-12-18-23/h4-18,24-28,31H,19H2,1-3H3/t24-,25+,26+,27+,28-/m0/s1. The van der Waals surface area contributed by atoms with Gasteiger partial charge in [-0.05, 0) is 16.7 Å². The van der Waals surface area contributed by atoms with Crippen molar-refractivity contribution in [2.24, 2.45) is 0 Å². The van der Waals surface area contributed by atoms with Gasteiger partial charge in [0, 0.05) is 21.1 Å². The van der Waals surface area contributed by atoms with E-state index in [1.165, 1.54) is 21.1 Å². The summed E-state index contributed by atoms with van der Waals surface area (Å²) in [5.41, 5.74) is 1.75. The number of aliphatic hydroxyl groups excluding tert-OH is 1. The van der Waals surface area contributed by atoms with E-state index in [2.05, 4.69) is 0 Å². The van der Waals surface area contributed by atoms with Gasteiger partial charge in [-0.2, -0.15) is 0 Å². The van der Waals surface area contributed by atoms with E-state index in [9.17, 15) is 9.90 Å². The van der Waals surface area contributed by atoms with E-state index in [1.807, 2.05) is 91.0 Å². The van der Waals surface area contributed by atoms with Crippen LogP contribution < -0.4 is 0 Å². The van der Waals surface area contributed by atoms with Crippen molar-refractivity contribution in [3.8, 4) is 0 Å². The Morgan fingerprint density at radius 2 is 1.22 bits per heavy atom. The number of aliphatic hydroxyl groups is 1. The second kappa shape index (κ2) is 11.8.